The highest BCUT2D eigenvalue weighted by Gasteiger charge is 2.18. The Bertz CT molecular complexity index is 765. The lowest BCUT2D eigenvalue weighted by Gasteiger charge is -2.26. The molecule has 2 aromatic rings. The summed E-state index contributed by atoms with van der Waals surface area (Å²) in [5.74, 6) is 0.524. The molecule has 1 aliphatic heterocycles. The van der Waals surface area contributed by atoms with Gasteiger partial charge in [-0.05, 0) is 68.7 Å². The zero-order valence-corrected chi connectivity index (χ0v) is 15.0. The van der Waals surface area contributed by atoms with Crippen molar-refractivity contribution in [3.8, 4) is 5.75 Å². The molecule has 2 amide bonds. The van der Waals surface area contributed by atoms with E-state index in [9.17, 15) is 9.59 Å². The quantitative estimate of drug-likeness (QED) is 0.886. The Labute approximate surface area is 154 Å². The van der Waals surface area contributed by atoms with E-state index in [2.05, 4.69) is 5.32 Å². The van der Waals surface area contributed by atoms with Crippen LogP contribution in [0.25, 0.3) is 0 Å². The summed E-state index contributed by atoms with van der Waals surface area (Å²) in [5, 5.41) is 2.85. The summed E-state index contributed by atoms with van der Waals surface area (Å²) in [5.41, 5.74) is 1.85. The smallest absolute Gasteiger partial charge is 0.255 e. The summed E-state index contributed by atoms with van der Waals surface area (Å²) < 4.78 is 5.42. The lowest BCUT2D eigenvalue weighted by molar-refractivity contribution is 0.0724. The monoisotopic (exact) mass is 352 g/mol. The zero-order chi connectivity index (χ0) is 18.4. The Kier molecular flexibility index (Phi) is 5.89. The maximum atomic E-state index is 12.5. The number of hydrogen-bond acceptors (Lipinski definition) is 3. The largest absolute Gasteiger partial charge is 0.494 e. The molecule has 1 fully saturated rings. The van der Waals surface area contributed by atoms with Crippen molar-refractivity contribution < 1.29 is 14.3 Å². The number of hydrogen-bond donors (Lipinski definition) is 1. The van der Waals surface area contributed by atoms with E-state index in [1.165, 1.54) is 6.42 Å². The molecule has 1 N–H and O–H groups in total. The third kappa shape index (κ3) is 4.42. The molecule has 3 rings (SSSR count). The number of nitrogens with one attached hydrogen (secondary N) is 1. The van der Waals surface area contributed by atoms with E-state index in [-0.39, 0.29) is 11.8 Å². The predicted molar refractivity (Wildman–Crippen MR) is 102 cm³/mol. The van der Waals surface area contributed by atoms with Crippen LogP contribution >= 0.6 is 0 Å². The zero-order valence-electron chi connectivity index (χ0n) is 15.0. The third-order valence-corrected chi connectivity index (χ3v) is 4.44. The minimum absolute atomic E-state index is 0.0620. The first-order valence-corrected chi connectivity index (χ1v) is 9.11. The van der Waals surface area contributed by atoms with Gasteiger partial charge in [0.2, 0.25) is 0 Å². The molecule has 0 aliphatic carbocycles. The molecule has 0 bridgehead atoms. The van der Waals surface area contributed by atoms with Crippen LogP contribution in [0.15, 0.2) is 48.5 Å². The van der Waals surface area contributed by atoms with Crippen LogP contribution in [0, 0.1) is 0 Å². The third-order valence-electron chi connectivity index (χ3n) is 4.44. The second-order valence-corrected chi connectivity index (χ2v) is 6.35. The number of rotatable bonds is 5. The molecule has 0 atom stereocenters. The molecule has 0 radical (unpaired) electrons. The summed E-state index contributed by atoms with van der Waals surface area (Å²) in [6, 6.07) is 14.1. The number of likely N-dealkylation sites (tertiary alicyclic amines) is 1. The number of carbonyl (C=O) groups is 2. The molecule has 1 heterocycles. The fourth-order valence-corrected chi connectivity index (χ4v) is 3.07. The molecule has 26 heavy (non-hydrogen) atoms. The van der Waals surface area contributed by atoms with Gasteiger partial charge in [-0.2, -0.15) is 0 Å². The van der Waals surface area contributed by atoms with Gasteiger partial charge in [0.1, 0.15) is 5.75 Å². The van der Waals surface area contributed by atoms with Gasteiger partial charge in [0, 0.05) is 29.9 Å². The first-order chi connectivity index (χ1) is 12.7. The molecule has 1 saturated heterocycles. The van der Waals surface area contributed by atoms with Crippen LogP contribution in [0.5, 0.6) is 5.75 Å². The fraction of sp³-hybridized carbons (Fsp3) is 0.333. The van der Waals surface area contributed by atoms with Gasteiger partial charge in [-0.15, -0.1) is 0 Å². The molecule has 0 spiro atoms. The van der Waals surface area contributed by atoms with Gasteiger partial charge in [0.25, 0.3) is 11.8 Å². The number of amides is 2. The number of piperidine rings is 1. The van der Waals surface area contributed by atoms with Crippen molar-refractivity contribution in [1.29, 1.82) is 0 Å². The van der Waals surface area contributed by atoms with Crippen molar-refractivity contribution in [1.82, 2.24) is 4.90 Å². The van der Waals surface area contributed by atoms with Crippen LogP contribution in [0.4, 0.5) is 5.69 Å². The van der Waals surface area contributed by atoms with Gasteiger partial charge >= 0.3 is 0 Å². The topological polar surface area (TPSA) is 58.6 Å². The first kappa shape index (κ1) is 18.0. The number of anilines is 1. The maximum Gasteiger partial charge on any atom is 0.255 e. The van der Waals surface area contributed by atoms with Crippen LogP contribution in [0.3, 0.4) is 0 Å². The normalized spacial score (nSPS) is 14.0. The van der Waals surface area contributed by atoms with Gasteiger partial charge in [-0.3, -0.25) is 9.59 Å². The van der Waals surface area contributed by atoms with E-state index in [1.807, 2.05) is 17.9 Å². The highest BCUT2D eigenvalue weighted by atomic mass is 16.5. The minimum atomic E-state index is -0.207. The van der Waals surface area contributed by atoms with E-state index in [0.717, 1.165) is 25.9 Å². The molecule has 0 unspecified atom stereocenters. The lowest BCUT2D eigenvalue weighted by atomic mass is 10.1. The minimum Gasteiger partial charge on any atom is -0.494 e. The van der Waals surface area contributed by atoms with Crippen molar-refractivity contribution in [2.24, 2.45) is 0 Å². The van der Waals surface area contributed by atoms with Crippen LogP contribution < -0.4 is 10.1 Å². The highest BCUT2D eigenvalue weighted by molar-refractivity contribution is 6.04. The second-order valence-electron chi connectivity index (χ2n) is 6.35. The van der Waals surface area contributed by atoms with E-state index in [0.29, 0.717) is 29.2 Å². The summed E-state index contributed by atoms with van der Waals surface area (Å²) >= 11 is 0. The Morgan fingerprint density at radius 2 is 1.73 bits per heavy atom. The predicted octanol–water partition coefficient (Wildman–Crippen LogP) is 3.96. The van der Waals surface area contributed by atoms with Crippen LogP contribution in [-0.2, 0) is 0 Å². The highest BCUT2D eigenvalue weighted by Crippen LogP contribution is 2.18. The van der Waals surface area contributed by atoms with E-state index < -0.39 is 0 Å². The average molecular weight is 352 g/mol. The van der Waals surface area contributed by atoms with Crippen molar-refractivity contribution in [3.63, 3.8) is 0 Å². The summed E-state index contributed by atoms with van der Waals surface area (Å²) in [7, 11) is 0. The molecule has 0 aromatic heterocycles. The Morgan fingerprint density at radius 1 is 1.00 bits per heavy atom. The molecule has 5 heteroatoms. The fourth-order valence-electron chi connectivity index (χ4n) is 3.07. The summed E-state index contributed by atoms with van der Waals surface area (Å²) in [6.07, 6.45) is 3.33. The molecule has 5 nitrogen and oxygen atoms in total. The SMILES string of the molecule is CCOc1cccc(C(=O)Nc2ccc(C(=O)N3CCCCC3)cc2)c1. The van der Waals surface area contributed by atoms with Crippen LogP contribution in [0.1, 0.15) is 46.9 Å². The molecule has 2 aromatic carbocycles. The Balaban J connectivity index is 1.64. The Morgan fingerprint density at radius 3 is 2.42 bits per heavy atom. The number of carbonyl (C=O) groups excluding carboxylic acids is 2. The number of ether oxygens (including phenoxy) is 1. The molecule has 0 saturated carbocycles. The first-order valence-electron chi connectivity index (χ1n) is 9.11. The van der Waals surface area contributed by atoms with E-state index >= 15 is 0 Å². The van der Waals surface area contributed by atoms with Gasteiger partial charge < -0.3 is 15.0 Å². The van der Waals surface area contributed by atoms with Crippen LogP contribution in [-0.4, -0.2) is 36.4 Å². The second kappa shape index (κ2) is 8.52. The van der Waals surface area contributed by atoms with Gasteiger partial charge in [0.15, 0.2) is 0 Å². The van der Waals surface area contributed by atoms with E-state index in [1.54, 1.807) is 42.5 Å². The molecular formula is C21H24N2O3. The summed E-state index contributed by atoms with van der Waals surface area (Å²) in [4.78, 5) is 26.8. The number of nitrogens with zero attached hydrogens (tertiary/aromatic N) is 1. The average Bonchev–Trinajstić information content (AvgIpc) is 2.69. The maximum absolute atomic E-state index is 12.5. The lowest BCUT2D eigenvalue weighted by Crippen LogP contribution is -2.35. The summed E-state index contributed by atoms with van der Waals surface area (Å²) in [6.45, 7) is 4.11. The van der Waals surface area contributed by atoms with Gasteiger partial charge in [0.05, 0.1) is 6.61 Å². The van der Waals surface area contributed by atoms with E-state index in [4.69, 9.17) is 4.74 Å². The van der Waals surface area contributed by atoms with Gasteiger partial charge in [-0.1, -0.05) is 6.07 Å². The molecule has 1 aliphatic rings. The molecule has 136 valence electrons. The van der Waals surface area contributed by atoms with Crippen molar-refractivity contribution in [2.45, 2.75) is 26.2 Å². The van der Waals surface area contributed by atoms with Crippen molar-refractivity contribution >= 4 is 17.5 Å². The van der Waals surface area contributed by atoms with Crippen LogP contribution in [0.2, 0.25) is 0 Å². The van der Waals surface area contributed by atoms with Crippen molar-refractivity contribution in [3.05, 3.63) is 59.7 Å². The standard InChI is InChI=1S/C21H24N2O3/c1-2-26-19-8-6-7-17(15-19)20(24)22-18-11-9-16(10-12-18)21(25)23-13-4-3-5-14-23/h6-12,15H,2-5,13-14H2,1H3,(H,22,24). The number of benzene rings is 2. The Hall–Kier alpha value is -2.82. The molecular weight excluding hydrogens is 328 g/mol. The van der Waals surface area contributed by atoms with Gasteiger partial charge in [-0.25, -0.2) is 0 Å². The van der Waals surface area contributed by atoms with Crippen molar-refractivity contribution in [2.75, 3.05) is 25.0 Å².